The summed E-state index contributed by atoms with van der Waals surface area (Å²) in [6.07, 6.45) is 0.686. The van der Waals surface area contributed by atoms with Gasteiger partial charge in [-0.15, -0.1) is 0 Å². The summed E-state index contributed by atoms with van der Waals surface area (Å²) < 4.78 is 29.1. The molecule has 0 spiro atoms. The van der Waals surface area contributed by atoms with Gasteiger partial charge in [0.25, 0.3) is 5.91 Å². The zero-order valence-electron chi connectivity index (χ0n) is 18.6. The van der Waals surface area contributed by atoms with Crippen LogP contribution in [0.1, 0.15) is 16.8 Å². The van der Waals surface area contributed by atoms with Crippen LogP contribution >= 0.6 is 0 Å². The number of ether oxygens (including phenoxy) is 1. The predicted octanol–water partition coefficient (Wildman–Crippen LogP) is 2.86. The molecule has 3 aromatic rings. The third-order valence-corrected chi connectivity index (χ3v) is 8.39. The van der Waals surface area contributed by atoms with Crippen molar-refractivity contribution < 1.29 is 17.9 Å². The molecule has 0 radical (unpaired) electrons. The lowest BCUT2D eigenvalue weighted by Gasteiger charge is -2.37. The first-order chi connectivity index (χ1) is 15.9. The highest BCUT2D eigenvalue weighted by Gasteiger charge is 2.34. The fourth-order valence-corrected chi connectivity index (χ4v) is 6.55. The summed E-state index contributed by atoms with van der Waals surface area (Å²) in [6, 6.07) is 17.4. The SMILES string of the molecule is COc1ccc2nc(-c3ccccc3)cc(C(=O)N3CCN(C4CCS(=O)(=O)C4)CC3)c2c1. The van der Waals surface area contributed by atoms with Crippen molar-refractivity contribution >= 4 is 26.6 Å². The number of aromatic nitrogens is 1. The second-order valence-corrected chi connectivity index (χ2v) is 10.9. The Morgan fingerprint density at radius 1 is 1.03 bits per heavy atom. The molecule has 0 aliphatic carbocycles. The number of benzene rings is 2. The second-order valence-electron chi connectivity index (χ2n) is 8.69. The van der Waals surface area contributed by atoms with Crippen LogP contribution in [0.3, 0.4) is 0 Å². The molecule has 3 heterocycles. The monoisotopic (exact) mass is 465 g/mol. The van der Waals surface area contributed by atoms with E-state index in [4.69, 9.17) is 9.72 Å². The molecule has 1 unspecified atom stereocenters. The highest BCUT2D eigenvalue weighted by molar-refractivity contribution is 7.91. The van der Waals surface area contributed by atoms with E-state index in [1.807, 2.05) is 59.5 Å². The number of nitrogens with zero attached hydrogens (tertiary/aromatic N) is 3. The van der Waals surface area contributed by atoms with Crippen LogP contribution in [0.25, 0.3) is 22.2 Å². The van der Waals surface area contributed by atoms with E-state index >= 15 is 0 Å². The largest absolute Gasteiger partial charge is 0.497 e. The summed E-state index contributed by atoms with van der Waals surface area (Å²) in [4.78, 5) is 22.6. The van der Waals surface area contributed by atoms with Gasteiger partial charge in [0, 0.05) is 43.2 Å². The summed E-state index contributed by atoms with van der Waals surface area (Å²) in [7, 11) is -1.31. The van der Waals surface area contributed by atoms with Gasteiger partial charge >= 0.3 is 0 Å². The van der Waals surface area contributed by atoms with E-state index in [2.05, 4.69) is 4.90 Å². The van der Waals surface area contributed by atoms with Crippen LogP contribution in [-0.2, 0) is 9.84 Å². The number of piperazine rings is 1. The maximum absolute atomic E-state index is 13.7. The molecular formula is C25H27N3O4S. The number of hydrogen-bond acceptors (Lipinski definition) is 6. The second kappa shape index (κ2) is 8.76. The highest BCUT2D eigenvalue weighted by Crippen LogP contribution is 2.29. The van der Waals surface area contributed by atoms with Crippen LogP contribution in [0, 0.1) is 0 Å². The van der Waals surface area contributed by atoms with Crippen molar-refractivity contribution in [3.8, 4) is 17.0 Å². The first-order valence-corrected chi connectivity index (χ1v) is 13.0. The molecule has 2 fully saturated rings. The fourth-order valence-electron chi connectivity index (χ4n) is 4.79. The van der Waals surface area contributed by atoms with Crippen LogP contribution in [0.4, 0.5) is 0 Å². The third-order valence-electron chi connectivity index (χ3n) is 6.64. The summed E-state index contributed by atoms with van der Waals surface area (Å²) in [5, 5.41) is 0.767. The Balaban J connectivity index is 1.44. The molecule has 7 nitrogen and oxygen atoms in total. The minimum atomic E-state index is -2.92. The summed E-state index contributed by atoms with van der Waals surface area (Å²) in [5.74, 6) is 1.14. The molecule has 0 N–H and O–H groups in total. The molecule has 33 heavy (non-hydrogen) atoms. The molecule has 2 aliphatic rings. The first-order valence-electron chi connectivity index (χ1n) is 11.2. The quantitative estimate of drug-likeness (QED) is 0.590. The maximum atomic E-state index is 13.7. The van der Waals surface area contributed by atoms with Gasteiger partial charge in [-0.2, -0.15) is 0 Å². The van der Waals surface area contributed by atoms with Crippen molar-refractivity contribution in [2.24, 2.45) is 0 Å². The lowest BCUT2D eigenvalue weighted by Crippen LogP contribution is -2.52. The van der Waals surface area contributed by atoms with Crippen molar-refractivity contribution in [2.75, 3.05) is 44.8 Å². The number of pyridine rings is 1. The molecule has 1 amide bonds. The van der Waals surface area contributed by atoms with E-state index in [1.54, 1.807) is 7.11 Å². The van der Waals surface area contributed by atoms with Gasteiger partial charge in [0.2, 0.25) is 0 Å². The molecular weight excluding hydrogens is 438 g/mol. The van der Waals surface area contributed by atoms with E-state index in [0.29, 0.717) is 43.9 Å². The Bertz CT molecular complexity index is 1290. The van der Waals surface area contributed by atoms with Gasteiger partial charge in [-0.3, -0.25) is 9.69 Å². The number of methoxy groups -OCH3 is 1. The average molecular weight is 466 g/mol. The highest BCUT2D eigenvalue weighted by atomic mass is 32.2. The Hall–Kier alpha value is -2.97. The summed E-state index contributed by atoms with van der Waals surface area (Å²) in [6.45, 7) is 2.52. The van der Waals surface area contributed by atoms with Crippen molar-refractivity contribution in [1.29, 1.82) is 0 Å². The Kier molecular flexibility index (Phi) is 5.80. The number of fused-ring (bicyclic) bond motifs is 1. The van der Waals surface area contributed by atoms with E-state index in [-0.39, 0.29) is 23.5 Å². The average Bonchev–Trinajstić information content (AvgIpc) is 3.22. The molecule has 0 saturated carbocycles. The minimum absolute atomic E-state index is 0.0356. The van der Waals surface area contributed by atoms with Gasteiger partial charge < -0.3 is 9.64 Å². The predicted molar refractivity (Wildman–Crippen MR) is 128 cm³/mol. The molecule has 1 atom stereocenters. The van der Waals surface area contributed by atoms with E-state index in [1.165, 1.54) is 0 Å². The summed E-state index contributed by atoms with van der Waals surface area (Å²) >= 11 is 0. The third kappa shape index (κ3) is 4.45. The van der Waals surface area contributed by atoms with Crippen molar-refractivity contribution in [3.63, 3.8) is 0 Å². The molecule has 8 heteroatoms. The molecule has 5 rings (SSSR count). The topological polar surface area (TPSA) is 79.8 Å². The fraction of sp³-hybridized carbons (Fsp3) is 0.360. The number of rotatable bonds is 4. The lowest BCUT2D eigenvalue weighted by molar-refractivity contribution is 0.0589. The van der Waals surface area contributed by atoms with E-state index in [0.717, 1.165) is 22.2 Å². The Morgan fingerprint density at radius 3 is 2.45 bits per heavy atom. The van der Waals surface area contributed by atoms with Crippen molar-refractivity contribution in [2.45, 2.75) is 12.5 Å². The number of amides is 1. The smallest absolute Gasteiger partial charge is 0.254 e. The van der Waals surface area contributed by atoms with E-state index in [9.17, 15) is 13.2 Å². The Morgan fingerprint density at radius 2 is 1.79 bits per heavy atom. The van der Waals surface area contributed by atoms with Gasteiger partial charge in [-0.1, -0.05) is 30.3 Å². The zero-order valence-corrected chi connectivity index (χ0v) is 19.4. The maximum Gasteiger partial charge on any atom is 0.254 e. The van der Waals surface area contributed by atoms with Gasteiger partial charge in [0.15, 0.2) is 9.84 Å². The van der Waals surface area contributed by atoms with Crippen molar-refractivity contribution in [1.82, 2.24) is 14.8 Å². The van der Waals surface area contributed by atoms with Crippen molar-refractivity contribution in [3.05, 3.63) is 60.2 Å². The van der Waals surface area contributed by atoms with Crippen LogP contribution in [-0.4, -0.2) is 79.9 Å². The van der Waals surface area contributed by atoms with Crippen LogP contribution in [0.2, 0.25) is 0 Å². The van der Waals surface area contributed by atoms with Crippen LogP contribution < -0.4 is 4.74 Å². The normalized spacial score (nSPS) is 20.8. The number of carbonyl (C=O) groups is 1. The molecule has 172 valence electrons. The molecule has 2 saturated heterocycles. The van der Waals surface area contributed by atoms with Crippen LogP contribution in [0.15, 0.2) is 54.6 Å². The number of sulfone groups is 1. The zero-order chi connectivity index (χ0) is 23.0. The summed E-state index contributed by atoms with van der Waals surface area (Å²) in [5.41, 5.74) is 3.06. The Labute approximate surface area is 193 Å². The van der Waals surface area contributed by atoms with Crippen LogP contribution in [0.5, 0.6) is 5.75 Å². The van der Waals surface area contributed by atoms with E-state index < -0.39 is 9.84 Å². The van der Waals surface area contributed by atoms with Gasteiger partial charge in [0.05, 0.1) is 35.4 Å². The standard InChI is InChI=1S/C25H27N3O4S/c1-32-20-7-8-23-21(15-20)22(16-24(26-23)18-5-3-2-4-6-18)25(29)28-12-10-27(11-13-28)19-9-14-33(30,31)17-19/h2-8,15-16,19H,9-14,17H2,1H3. The minimum Gasteiger partial charge on any atom is -0.497 e. The van der Waals surface area contributed by atoms with Gasteiger partial charge in [-0.05, 0) is 30.7 Å². The first kappa shape index (κ1) is 21.9. The molecule has 1 aromatic heterocycles. The molecule has 0 bridgehead atoms. The number of hydrogen-bond donors (Lipinski definition) is 0. The molecule has 2 aromatic carbocycles. The lowest BCUT2D eigenvalue weighted by atomic mass is 10.0. The van der Waals surface area contributed by atoms with Gasteiger partial charge in [-0.25, -0.2) is 13.4 Å². The number of carbonyl (C=O) groups excluding carboxylic acids is 1. The van der Waals surface area contributed by atoms with Gasteiger partial charge in [0.1, 0.15) is 5.75 Å². The molecule has 2 aliphatic heterocycles.